The maximum absolute atomic E-state index is 14.7. The van der Waals surface area contributed by atoms with Crippen molar-refractivity contribution in [2.45, 2.75) is 83.7 Å². The van der Waals surface area contributed by atoms with Crippen LogP contribution in [0.2, 0.25) is 0 Å². The highest BCUT2D eigenvalue weighted by Gasteiger charge is 2.45. The summed E-state index contributed by atoms with van der Waals surface area (Å²) in [5.41, 5.74) is 0. The summed E-state index contributed by atoms with van der Waals surface area (Å²) in [6.07, 6.45) is 4.55. The number of benzene rings is 1. The van der Waals surface area contributed by atoms with Gasteiger partial charge in [0.15, 0.2) is 11.6 Å². The molecule has 0 aromatic heterocycles. The topological polar surface area (TPSA) is 18.5 Å². The van der Waals surface area contributed by atoms with Crippen LogP contribution < -0.4 is 9.47 Å². The minimum Gasteiger partial charge on any atom is -0.432 e. The molecule has 0 N–H and O–H groups in total. The van der Waals surface area contributed by atoms with E-state index in [0.29, 0.717) is 30.7 Å². The van der Waals surface area contributed by atoms with E-state index in [2.05, 4.69) is 11.7 Å². The Morgan fingerprint density at radius 1 is 0.939 bits per heavy atom. The van der Waals surface area contributed by atoms with Crippen molar-refractivity contribution in [1.82, 2.24) is 0 Å². The number of unbranched alkanes of at least 4 members (excludes halogenated alkanes) is 1. The third-order valence-electron chi connectivity index (χ3n) is 7.28. The quantitative estimate of drug-likeness (QED) is 0.260. The van der Waals surface area contributed by atoms with Crippen LogP contribution in [0, 0.1) is 29.5 Å². The van der Waals surface area contributed by atoms with E-state index in [4.69, 9.17) is 4.74 Å². The van der Waals surface area contributed by atoms with Gasteiger partial charge in [0.05, 0.1) is 5.92 Å². The molecule has 8 heteroatoms. The normalized spacial score (nSPS) is 26.0. The Morgan fingerprint density at radius 3 is 2.09 bits per heavy atom. The molecule has 2 saturated carbocycles. The fourth-order valence-corrected chi connectivity index (χ4v) is 5.37. The number of halogens is 6. The summed E-state index contributed by atoms with van der Waals surface area (Å²) in [5.74, 6) is -1.67. The zero-order chi connectivity index (χ0) is 24.0. The standard InChI is InChI=1S/C25H32F6O2/c1-2-3-4-16-5-7-17(8-6-16)18-9-11-19(12-10-18)25(30,31)33-20-13-14-22(21(26)15-20)32-24(29)23(27)28/h13-19H,2-12H2,1H3. The van der Waals surface area contributed by atoms with Crippen molar-refractivity contribution in [2.24, 2.45) is 23.7 Å². The van der Waals surface area contributed by atoms with Crippen molar-refractivity contribution in [3.63, 3.8) is 0 Å². The summed E-state index contributed by atoms with van der Waals surface area (Å²) >= 11 is 0. The third-order valence-corrected chi connectivity index (χ3v) is 7.28. The molecule has 0 unspecified atom stereocenters. The van der Waals surface area contributed by atoms with Crippen LogP contribution in [0.25, 0.3) is 0 Å². The zero-order valence-corrected chi connectivity index (χ0v) is 18.9. The SMILES string of the molecule is CCCCC1CCC(C2CCC(C(F)(F)Oc3ccc(OC(F)=C(F)F)c(F)c3)CC2)CC1. The van der Waals surface area contributed by atoms with Crippen LogP contribution >= 0.6 is 0 Å². The minimum absolute atomic E-state index is 0.336. The molecule has 2 fully saturated rings. The molecule has 3 rings (SSSR count). The molecule has 2 aliphatic carbocycles. The first kappa shape index (κ1) is 25.8. The summed E-state index contributed by atoms with van der Waals surface area (Å²) in [7, 11) is 0. The minimum atomic E-state index is -3.49. The van der Waals surface area contributed by atoms with Crippen LogP contribution in [-0.4, -0.2) is 6.11 Å². The highest BCUT2D eigenvalue weighted by atomic mass is 19.3. The van der Waals surface area contributed by atoms with Crippen molar-refractivity contribution >= 4 is 0 Å². The van der Waals surface area contributed by atoms with E-state index in [9.17, 15) is 26.3 Å². The molecule has 0 radical (unpaired) electrons. The molecule has 1 aromatic rings. The van der Waals surface area contributed by atoms with E-state index in [1.807, 2.05) is 0 Å². The molecule has 0 aliphatic heterocycles. The van der Waals surface area contributed by atoms with Crippen LogP contribution in [0.15, 0.2) is 30.3 Å². The van der Waals surface area contributed by atoms with Gasteiger partial charge in [-0.3, -0.25) is 0 Å². The van der Waals surface area contributed by atoms with Crippen LogP contribution in [0.5, 0.6) is 11.5 Å². The lowest BCUT2D eigenvalue weighted by molar-refractivity contribution is -0.224. The Morgan fingerprint density at radius 2 is 1.55 bits per heavy atom. The first-order valence-corrected chi connectivity index (χ1v) is 11.9. The molecular formula is C25H32F6O2. The summed E-state index contributed by atoms with van der Waals surface area (Å²) in [6.45, 7) is 2.21. The van der Waals surface area contributed by atoms with Gasteiger partial charge in [-0.1, -0.05) is 39.0 Å². The van der Waals surface area contributed by atoms with Gasteiger partial charge < -0.3 is 9.47 Å². The van der Waals surface area contributed by atoms with Gasteiger partial charge in [-0.05, 0) is 68.4 Å². The Hall–Kier alpha value is -1.86. The number of hydrogen-bond acceptors (Lipinski definition) is 2. The van der Waals surface area contributed by atoms with Crippen LogP contribution in [0.4, 0.5) is 26.3 Å². The van der Waals surface area contributed by atoms with Crippen LogP contribution in [0.3, 0.4) is 0 Å². The molecule has 2 nitrogen and oxygen atoms in total. The van der Waals surface area contributed by atoms with E-state index in [1.54, 1.807) is 0 Å². The average molecular weight is 479 g/mol. The Kier molecular flexibility index (Phi) is 8.99. The first-order chi connectivity index (χ1) is 15.7. The van der Waals surface area contributed by atoms with Gasteiger partial charge >= 0.3 is 18.2 Å². The summed E-state index contributed by atoms with van der Waals surface area (Å²) < 4.78 is 89.3. The number of rotatable bonds is 9. The van der Waals surface area contributed by atoms with Crippen molar-refractivity contribution in [1.29, 1.82) is 0 Å². The molecule has 0 atom stereocenters. The summed E-state index contributed by atoms with van der Waals surface area (Å²) in [5, 5.41) is 0. The second-order valence-electron chi connectivity index (χ2n) is 9.43. The van der Waals surface area contributed by atoms with Crippen molar-refractivity contribution < 1.29 is 35.8 Å². The highest BCUT2D eigenvalue weighted by Crippen LogP contribution is 2.46. The number of alkyl halides is 2. The van der Waals surface area contributed by atoms with Gasteiger partial charge in [0.25, 0.3) is 0 Å². The monoisotopic (exact) mass is 478 g/mol. The Balaban J connectivity index is 1.50. The van der Waals surface area contributed by atoms with E-state index in [1.165, 1.54) is 44.9 Å². The van der Waals surface area contributed by atoms with E-state index >= 15 is 0 Å². The molecule has 186 valence electrons. The van der Waals surface area contributed by atoms with E-state index in [-0.39, 0.29) is 0 Å². The molecule has 2 aliphatic rings. The first-order valence-electron chi connectivity index (χ1n) is 11.9. The van der Waals surface area contributed by atoms with Gasteiger partial charge in [0, 0.05) is 6.07 Å². The molecule has 0 amide bonds. The van der Waals surface area contributed by atoms with Gasteiger partial charge in [-0.25, -0.2) is 4.39 Å². The smallest absolute Gasteiger partial charge is 0.400 e. The summed E-state index contributed by atoms with van der Waals surface area (Å²) in [6, 6.07) is 0.0455. The second kappa shape index (κ2) is 11.5. The Bertz CT molecular complexity index is 792. The lowest BCUT2D eigenvalue weighted by atomic mass is 9.68. The summed E-state index contributed by atoms with van der Waals surface area (Å²) in [4.78, 5) is 0. The highest BCUT2D eigenvalue weighted by molar-refractivity contribution is 5.34. The zero-order valence-electron chi connectivity index (χ0n) is 18.9. The van der Waals surface area contributed by atoms with Crippen molar-refractivity contribution in [2.75, 3.05) is 0 Å². The fraction of sp³-hybridized carbons (Fsp3) is 0.680. The fourth-order valence-electron chi connectivity index (χ4n) is 5.37. The van der Waals surface area contributed by atoms with Gasteiger partial charge in [-0.2, -0.15) is 22.0 Å². The third kappa shape index (κ3) is 7.06. The average Bonchev–Trinajstić information content (AvgIpc) is 2.79. The second-order valence-corrected chi connectivity index (χ2v) is 9.43. The lowest BCUT2D eigenvalue weighted by Gasteiger charge is -2.39. The van der Waals surface area contributed by atoms with Crippen LogP contribution in [-0.2, 0) is 0 Å². The largest absolute Gasteiger partial charge is 0.432 e. The maximum Gasteiger partial charge on any atom is 0.400 e. The molecule has 0 bridgehead atoms. The molecule has 33 heavy (non-hydrogen) atoms. The van der Waals surface area contributed by atoms with Crippen molar-refractivity contribution in [3.8, 4) is 11.5 Å². The predicted molar refractivity (Wildman–Crippen MR) is 113 cm³/mol. The molecular weight excluding hydrogens is 446 g/mol. The predicted octanol–water partition coefficient (Wildman–Crippen LogP) is 9.01. The van der Waals surface area contributed by atoms with E-state index < -0.39 is 41.4 Å². The molecule has 1 aromatic carbocycles. The van der Waals surface area contributed by atoms with Crippen LogP contribution in [0.1, 0.15) is 77.6 Å². The van der Waals surface area contributed by atoms with Gasteiger partial charge in [0.1, 0.15) is 5.75 Å². The molecule has 0 saturated heterocycles. The van der Waals surface area contributed by atoms with Gasteiger partial charge in [0.2, 0.25) is 0 Å². The number of ether oxygens (including phenoxy) is 2. The Labute approximate surface area is 191 Å². The van der Waals surface area contributed by atoms with Crippen molar-refractivity contribution in [3.05, 3.63) is 36.1 Å². The van der Waals surface area contributed by atoms with Gasteiger partial charge in [-0.15, -0.1) is 0 Å². The lowest BCUT2D eigenvalue weighted by Crippen LogP contribution is -2.38. The maximum atomic E-state index is 14.7. The molecule has 0 heterocycles. The van der Waals surface area contributed by atoms with E-state index in [0.717, 1.165) is 30.9 Å². The number of hydrogen-bond donors (Lipinski definition) is 0. The molecule has 0 spiro atoms.